The molecule has 2 rings (SSSR count). The lowest BCUT2D eigenvalue weighted by Crippen LogP contribution is -2.33. The number of aryl methyl sites for hydroxylation is 1. The van der Waals surface area contributed by atoms with Gasteiger partial charge in [-0.15, -0.1) is 0 Å². The van der Waals surface area contributed by atoms with Crippen molar-refractivity contribution < 1.29 is 29.6 Å². The molecule has 4 N–H and O–H groups in total. The van der Waals surface area contributed by atoms with E-state index in [1.54, 1.807) is 6.92 Å². The van der Waals surface area contributed by atoms with Crippen LogP contribution in [0, 0.1) is 6.92 Å². The zero-order chi connectivity index (χ0) is 20.6. The van der Waals surface area contributed by atoms with Crippen LogP contribution < -0.4 is 11.2 Å². The Labute approximate surface area is 151 Å². The molecule has 1 aliphatic rings. The number of azide groups is 1. The van der Waals surface area contributed by atoms with E-state index in [4.69, 9.17) is 25.6 Å². The van der Waals surface area contributed by atoms with Crippen molar-refractivity contribution in [2.75, 3.05) is 6.61 Å². The van der Waals surface area contributed by atoms with E-state index in [0.717, 1.165) is 0 Å². The fourth-order valence-corrected chi connectivity index (χ4v) is 2.25. The minimum Gasteiger partial charge on any atom is -0.481 e. The molecule has 1 aromatic rings. The maximum Gasteiger partial charge on any atom is 0.330 e. The lowest BCUT2D eigenvalue weighted by atomic mass is 10.1. The molecule has 0 amide bonds. The number of carboxylic acid groups (broad SMARTS) is 2. The van der Waals surface area contributed by atoms with E-state index < -0.39 is 41.6 Å². The van der Waals surface area contributed by atoms with Crippen molar-refractivity contribution in [3.05, 3.63) is 43.0 Å². The summed E-state index contributed by atoms with van der Waals surface area (Å²) in [5.41, 5.74) is 7.76. The number of ether oxygens (including phenoxy) is 1. The summed E-state index contributed by atoms with van der Waals surface area (Å²) in [5.74, 6) is -2.15. The van der Waals surface area contributed by atoms with Crippen LogP contribution in [-0.4, -0.2) is 55.6 Å². The van der Waals surface area contributed by atoms with E-state index in [2.05, 4.69) is 15.0 Å². The van der Waals surface area contributed by atoms with E-state index >= 15 is 0 Å². The Morgan fingerprint density at radius 1 is 1.37 bits per heavy atom. The molecule has 13 nitrogen and oxygen atoms in total. The maximum atomic E-state index is 11.7. The third kappa shape index (κ3) is 6.58. The molecule has 0 aromatic carbocycles. The summed E-state index contributed by atoms with van der Waals surface area (Å²) in [6.07, 6.45) is -0.264. The highest BCUT2D eigenvalue weighted by Gasteiger charge is 2.35. The van der Waals surface area contributed by atoms with E-state index in [-0.39, 0.29) is 25.9 Å². The number of aliphatic carboxylic acids is 2. The Morgan fingerprint density at radius 2 is 1.96 bits per heavy atom. The molecule has 0 radical (unpaired) electrons. The van der Waals surface area contributed by atoms with Crippen molar-refractivity contribution in [2.24, 2.45) is 5.11 Å². The molecule has 13 heteroatoms. The average Bonchev–Trinajstić information content (AvgIpc) is 3.00. The van der Waals surface area contributed by atoms with Gasteiger partial charge in [0.15, 0.2) is 0 Å². The average molecular weight is 385 g/mol. The highest BCUT2D eigenvalue weighted by Crippen LogP contribution is 2.29. The molecular weight excluding hydrogens is 366 g/mol. The molecule has 27 heavy (non-hydrogen) atoms. The van der Waals surface area contributed by atoms with Gasteiger partial charge >= 0.3 is 17.6 Å². The molecule has 0 bridgehead atoms. The molecular formula is C14H19N5O8. The van der Waals surface area contributed by atoms with Crippen molar-refractivity contribution in [3.63, 3.8) is 0 Å². The predicted octanol–water partition coefficient (Wildman–Crippen LogP) is -0.260. The third-order valence-electron chi connectivity index (χ3n) is 3.59. The van der Waals surface area contributed by atoms with Gasteiger partial charge in [-0.3, -0.25) is 23.9 Å². The molecule has 1 aromatic heterocycles. The number of carboxylic acids is 2. The summed E-state index contributed by atoms with van der Waals surface area (Å²) >= 11 is 0. The minimum absolute atomic E-state index is 0.265. The van der Waals surface area contributed by atoms with Crippen LogP contribution >= 0.6 is 0 Å². The monoisotopic (exact) mass is 385 g/mol. The highest BCUT2D eigenvalue weighted by molar-refractivity contribution is 5.75. The largest absolute Gasteiger partial charge is 0.481 e. The van der Waals surface area contributed by atoms with E-state index in [1.807, 2.05) is 0 Å². The van der Waals surface area contributed by atoms with Crippen LogP contribution in [0.3, 0.4) is 0 Å². The number of aromatic nitrogens is 2. The summed E-state index contributed by atoms with van der Waals surface area (Å²) in [6.45, 7) is 1.26. The first-order valence-electron chi connectivity index (χ1n) is 7.75. The first-order chi connectivity index (χ1) is 12.7. The highest BCUT2D eigenvalue weighted by atomic mass is 16.5. The maximum absolute atomic E-state index is 11.7. The molecule has 3 atom stereocenters. The molecule has 1 fully saturated rings. The summed E-state index contributed by atoms with van der Waals surface area (Å²) in [7, 11) is 0. The van der Waals surface area contributed by atoms with Crippen molar-refractivity contribution in [3.8, 4) is 0 Å². The summed E-state index contributed by atoms with van der Waals surface area (Å²) in [6, 6.07) is -0.542. The molecule has 0 saturated carbocycles. The Bertz CT molecular complexity index is 827. The van der Waals surface area contributed by atoms with Crippen LogP contribution in [0.4, 0.5) is 0 Å². The lowest BCUT2D eigenvalue weighted by molar-refractivity contribution is -0.143. The number of aromatic amines is 1. The van der Waals surface area contributed by atoms with Crippen LogP contribution in [0.15, 0.2) is 20.9 Å². The molecule has 0 unspecified atom stereocenters. The second-order valence-electron chi connectivity index (χ2n) is 5.59. The van der Waals surface area contributed by atoms with Crippen molar-refractivity contribution >= 4 is 11.9 Å². The van der Waals surface area contributed by atoms with Crippen LogP contribution in [0.25, 0.3) is 10.4 Å². The van der Waals surface area contributed by atoms with Crippen LogP contribution in [-0.2, 0) is 14.3 Å². The van der Waals surface area contributed by atoms with Crippen LogP contribution in [0.2, 0.25) is 0 Å². The number of hydrogen-bond acceptors (Lipinski definition) is 7. The van der Waals surface area contributed by atoms with Gasteiger partial charge in [-0.05, 0) is 12.5 Å². The predicted molar refractivity (Wildman–Crippen MR) is 89.1 cm³/mol. The summed E-state index contributed by atoms with van der Waals surface area (Å²) in [4.78, 5) is 47.1. The van der Waals surface area contributed by atoms with Gasteiger partial charge in [-0.25, -0.2) is 4.79 Å². The smallest absolute Gasteiger partial charge is 0.330 e. The van der Waals surface area contributed by atoms with Crippen molar-refractivity contribution in [1.29, 1.82) is 0 Å². The van der Waals surface area contributed by atoms with Gasteiger partial charge in [0.05, 0.1) is 31.6 Å². The number of carbonyl (C=O) groups is 2. The molecule has 0 spiro atoms. The second kappa shape index (κ2) is 10.1. The lowest BCUT2D eigenvalue weighted by Gasteiger charge is -2.14. The standard InChI is InChI=1S/C10H13N5O4.C4H6O4/c1-5-3-15(10(18)12-9(5)17)8-2-6(13-14-11)7(4-16)19-8;5-3(6)1-2-4(7)8/h3,6-8,16H,2,4H2,1H3,(H,12,17,18);1-2H2,(H,5,6)(H,7,8)/t6-,7+,8+;/m0./s1. The Kier molecular flexibility index (Phi) is 8.20. The molecule has 2 heterocycles. The molecule has 0 aliphatic carbocycles. The van der Waals surface area contributed by atoms with Gasteiger partial charge < -0.3 is 20.1 Å². The molecule has 1 aliphatic heterocycles. The number of rotatable bonds is 6. The number of aliphatic hydroxyl groups excluding tert-OH is 1. The quantitative estimate of drug-likeness (QED) is 0.290. The third-order valence-corrected chi connectivity index (χ3v) is 3.59. The van der Waals surface area contributed by atoms with E-state index in [9.17, 15) is 19.2 Å². The normalized spacial score (nSPS) is 20.9. The molecule has 1 saturated heterocycles. The number of aliphatic hydroxyl groups is 1. The van der Waals surface area contributed by atoms with Gasteiger partial charge in [-0.2, -0.15) is 0 Å². The second-order valence-corrected chi connectivity index (χ2v) is 5.59. The van der Waals surface area contributed by atoms with Gasteiger partial charge in [0.25, 0.3) is 5.56 Å². The minimum atomic E-state index is -1.08. The fourth-order valence-electron chi connectivity index (χ4n) is 2.25. The van der Waals surface area contributed by atoms with Gasteiger partial charge in [0.2, 0.25) is 0 Å². The Balaban J connectivity index is 0.000000387. The molecule has 148 valence electrons. The van der Waals surface area contributed by atoms with Gasteiger partial charge in [0.1, 0.15) is 6.23 Å². The van der Waals surface area contributed by atoms with Crippen LogP contribution in [0.5, 0.6) is 0 Å². The zero-order valence-electron chi connectivity index (χ0n) is 14.3. The number of nitrogens with one attached hydrogen (secondary N) is 1. The van der Waals surface area contributed by atoms with Gasteiger partial charge in [0, 0.05) is 23.1 Å². The van der Waals surface area contributed by atoms with E-state index in [1.165, 1.54) is 10.8 Å². The SMILES string of the molecule is Cc1cn([C@H]2C[C@H](N=[N+]=[N-])[C@@H](CO)O2)c(=O)[nH]c1=O.O=C(O)CCC(=O)O. The first-order valence-corrected chi connectivity index (χ1v) is 7.75. The Hall–Kier alpha value is -3.15. The van der Waals surface area contributed by atoms with E-state index in [0.29, 0.717) is 5.56 Å². The van der Waals surface area contributed by atoms with Crippen molar-refractivity contribution in [2.45, 2.75) is 44.6 Å². The number of nitrogens with zero attached hydrogens (tertiary/aromatic N) is 4. The first kappa shape index (κ1) is 21.9. The fraction of sp³-hybridized carbons (Fsp3) is 0.571. The number of H-pyrrole nitrogens is 1. The Morgan fingerprint density at radius 3 is 2.44 bits per heavy atom. The van der Waals surface area contributed by atoms with Crippen molar-refractivity contribution in [1.82, 2.24) is 9.55 Å². The van der Waals surface area contributed by atoms with Gasteiger partial charge in [-0.1, -0.05) is 5.11 Å². The topological polar surface area (TPSA) is 208 Å². The zero-order valence-corrected chi connectivity index (χ0v) is 14.3. The summed E-state index contributed by atoms with van der Waals surface area (Å²) < 4.78 is 6.69. The summed E-state index contributed by atoms with van der Waals surface area (Å²) in [5, 5.41) is 28.5. The van der Waals surface area contributed by atoms with Crippen LogP contribution in [0.1, 0.15) is 31.1 Å². The number of hydrogen-bond donors (Lipinski definition) is 4.